The molecule has 0 amide bonds. The lowest BCUT2D eigenvalue weighted by atomic mass is 10.0. The molecule has 0 aliphatic rings. The molecule has 0 heterocycles. The van der Waals surface area contributed by atoms with Crippen LogP contribution >= 0.6 is 0 Å². The van der Waals surface area contributed by atoms with E-state index in [1.165, 1.54) is 193 Å². The first-order valence-electron chi connectivity index (χ1n) is 19.2. The van der Waals surface area contributed by atoms with Crippen molar-refractivity contribution in [3.05, 3.63) is 24.3 Å². The van der Waals surface area contributed by atoms with E-state index in [4.69, 9.17) is 4.74 Å². The second-order valence-corrected chi connectivity index (χ2v) is 12.9. The van der Waals surface area contributed by atoms with Gasteiger partial charge in [0.15, 0.2) is 0 Å². The average Bonchev–Trinajstić information content (AvgIpc) is 2.99. The molecular formula is C40H78O. The molecule has 2 unspecified atom stereocenters. The molecule has 0 N–H and O–H groups in total. The third kappa shape index (κ3) is 32.2. The minimum absolute atomic E-state index is 0.480. The molecule has 0 aliphatic heterocycles. The Hall–Kier alpha value is -0.560. The first-order chi connectivity index (χ1) is 20.3. The third-order valence-electron chi connectivity index (χ3n) is 8.87. The second kappa shape index (κ2) is 35.6. The maximum absolute atomic E-state index is 6.57. The quantitative estimate of drug-likeness (QED) is 0.0548. The Morgan fingerprint density at radius 3 is 0.902 bits per heavy atom. The molecule has 244 valence electrons. The largest absolute Gasteiger partial charge is 0.375 e. The molecular weight excluding hydrogens is 496 g/mol. The van der Waals surface area contributed by atoms with E-state index in [1.807, 2.05) is 0 Å². The molecule has 1 nitrogen and oxygen atoms in total. The van der Waals surface area contributed by atoms with Crippen molar-refractivity contribution in [2.45, 2.75) is 233 Å². The highest BCUT2D eigenvalue weighted by Gasteiger charge is 2.13. The molecule has 0 aromatic heterocycles. The van der Waals surface area contributed by atoms with Crippen molar-refractivity contribution in [1.29, 1.82) is 0 Å². The highest BCUT2D eigenvalue weighted by atomic mass is 16.5. The van der Waals surface area contributed by atoms with E-state index in [1.54, 1.807) is 0 Å². The SMILES string of the molecule is CCCCCCCCC=CCCCCCCCC(CC)OC(CC)CCCCCCCC=CCCCCCCCC. The summed E-state index contributed by atoms with van der Waals surface area (Å²) in [6.45, 7) is 9.22. The van der Waals surface area contributed by atoms with Gasteiger partial charge in [-0.25, -0.2) is 0 Å². The number of ether oxygens (including phenoxy) is 1. The van der Waals surface area contributed by atoms with Crippen LogP contribution in [-0.4, -0.2) is 12.2 Å². The van der Waals surface area contributed by atoms with Gasteiger partial charge in [0.1, 0.15) is 0 Å². The Morgan fingerprint density at radius 1 is 0.341 bits per heavy atom. The van der Waals surface area contributed by atoms with Crippen LogP contribution < -0.4 is 0 Å². The van der Waals surface area contributed by atoms with Crippen LogP contribution in [0.1, 0.15) is 220 Å². The summed E-state index contributed by atoms with van der Waals surface area (Å²) in [5.74, 6) is 0. The van der Waals surface area contributed by atoms with E-state index in [-0.39, 0.29) is 0 Å². The van der Waals surface area contributed by atoms with E-state index in [0.717, 1.165) is 0 Å². The first kappa shape index (κ1) is 40.4. The van der Waals surface area contributed by atoms with E-state index >= 15 is 0 Å². The van der Waals surface area contributed by atoms with Gasteiger partial charge < -0.3 is 4.74 Å². The number of unbranched alkanes of at least 4 members (excludes halogenated alkanes) is 22. The summed E-state index contributed by atoms with van der Waals surface area (Å²) in [5.41, 5.74) is 0. The molecule has 0 bridgehead atoms. The van der Waals surface area contributed by atoms with Gasteiger partial charge in [0.2, 0.25) is 0 Å². The van der Waals surface area contributed by atoms with Crippen LogP contribution in [0.25, 0.3) is 0 Å². The van der Waals surface area contributed by atoms with E-state index in [2.05, 4.69) is 52.0 Å². The Bertz CT molecular complexity index is 475. The van der Waals surface area contributed by atoms with Gasteiger partial charge in [-0.3, -0.25) is 0 Å². The van der Waals surface area contributed by atoms with Crippen molar-refractivity contribution in [3.8, 4) is 0 Å². The summed E-state index contributed by atoms with van der Waals surface area (Å²) in [4.78, 5) is 0. The molecule has 0 saturated heterocycles. The Balaban J connectivity index is 3.59. The van der Waals surface area contributed by atoms with Gasteiger partial charge in [0, 0.05) is 0 Å². The smallest absolute Gasteiger partial charge is 0.0576 e. The summed E-state index contributed by atoms with van der Waals surface area (Å²) < 4.78 is 6.57. The summed E-state index contributed by atoms with van der Waals surface area (Å²) in [6.07, 6.45) is 51.4. The van der Waals surface area contributed by atoms with Crippen LogP contribution in [0.2, 0.25) is 0 Å². The van der Waals surface area contributed by atoms with Gasteiger partial charge in [0.05, 0.1) is 12.2 Å². The fourth-order valence-corrected chi connectivity index (χ4v) is 5.89. The fourth-order valence-electron chi connectivity index (χ4n) is 5.89. The zero-order chi connectivity index (χ0) is 29.9. The topological polar surface area (TPSA) is 9.23 Å². The normalized spacial score (nSPS) is 13.6. The van der Waals surface area contributed by atoms with Crippen LogP contribution in [0, 0.1) is 0 Å². The van der Waals surface area contributed by atoms with Crippen LogP contribution in [-0.2, 0) is 4.74 Å². The zero-order valence-corrected chi connectivity index (χ0v) is 29.1. The summed E-state index contributed by atoms with van der Waals surface area (Å²) in [5, 5.41) is 0. The predicted octanol–water partition coefficient (Wildman–Crippen LogP) is 14.6. The van der Waals surface area contributed by atoms with Crippen LogP contribution in [0.5, 0.6) is 0 Å². The zero-order valence-electron chi connectivity index (χ0n) is 29.1. The van der Waals surface area contributed by atoms with Crippen LogP contribution in [0.15, 0.2) is 24.3 Å². The Morgan fingerprint density at radius 2 is 0.610 bits per heavy atom. The molecule has 0 radical (unpaired) electrons. The minimum atomic E-state index is 0.480. The molecule has 2 atom stereocenters. The third-order valence-corrected chi connectivity index (χ3v) is 8.87. The molecule has 0 aromatic carbocycles. The predicted molar refractivity (Wildman–Crippen MR) is 188 cm³/mol. The Kier molecular flexibility index (Phi) is 35.1. The number of hydrogen-bond donors (Lipinski definition) is 0. The van der Waals surface area contributed by atoms with Crippen molar-refractivity contribution < 1.29 is 4.74 Å². The van der Waals surface area contributed by atoms with Gasteiger partial charge in [-0.1, -0.05) is 168 Å². The number of hydrogen-bond acceptors (Lipinski definition) is 1. The standard InChI is InChI=1S/C40H78O/c1-5-9-11-13-15-17-19-21-23-25-27-29-31-33-35-37-39(7-3)41-40(8-4)38-36-34-32-30-28-26-24-22-20-18-16-14-12-10-6-2/h21-24,39-40H,5-20,25-38H2,1-4H3. The number of rotatable bonds is 34. The van der Waals surface area contributed by atoms with Gasteiger partial charge >= 0.3 is 0 Å². The van der Waals surface area contributed by atoms with Crippen molar-refractivity contribution >= 4 is 0 Å². The molecule has 0 aromatic rings. The second-order valence-electron chi connectivity index (χ2n) is 12.9. The Labute approximate surface area is 261 Å². The minimum Gasteiger partial charge on any atom is -0.375 e. The van der Waals surface area contributed by atoms with Gasteiger partial charge in [0.25, 0.3) is 0 Å². The van der Waals surface area contributed by atoms with E-state index < -0.39 is 0 Å². The molecule has 1 heteroatoms. The van der Waals surface area contributed by atoms with Crippen molar-refractivity contribution in [3.63, 3.8) is 0 Å². The van der Waals surface area contributed by atoms with Gasteiger partial charge in [-0.15, -0.1) is 0 Å². The molecule has 0 spiro atoms. The lowest BCUT2D eigenvalue weighted by molar-refractivity contribution is -0.0257. The highest BCUT2D eigenvalue weighted by Crippen LogP contribution is 2.19. The summed E-state index contributed by atoms with van der Waals surface area (Å²) in [6, 6.07) is 0. The van der Waals surface area contributed by atoms with Gasteiger partial charge in [-0.05, 0) is 77.0 Å². The van der Waals surface area contributed by atoms with Crippen LogP contribution in [0.3, 0.4) is 0 Å². The fraction of sp³-hybridized carbons (Fsp3) is 0.900. The summed E-state index contributed by atoms with van der Waals surface area (Å²) >= 11 is 0. The maximum Gasteiger partial charge on any atom is 0.0576 e. The highest BCUT2D eigenvalue weighted by molar-refractivity contribution is 4.82. The molecule has 0 saturated carbocycles. The average molecular weight is 575 g/mol. The van der Waals surface area contributed by atoms with Crippen LogP contribution in [0.4, 0.5) is 0 Å². The number of allylic oxidation sites excluding steroid dienone is 4. The lowest BCUT2D eigenvalue weighted by Crippen LogP contribution is -2.21. The van der Waals surface area contributed by atoms with Gasteiger partial charge in [-0.2, -0.15) is 0 Å². The van der Waals surface area contributed by atoms with Crippen molar-refractivity contribution in [2.24, 2.45) is 0 Å². The molecule has 0 aliphatic carbocycles. The molecule has 0 rings (SSSR count). The first-order valence-corrected chi connectivity index (χ1v) is 19.2. The van der Waals surface area contributed by atoms with Crippen molar-refractivity contribution in [1.82, 2.24) is 0 Å². The summed E-state index contributed by atoms with van der Waals surface area (Å²) in [7, 11) is 0. The molecule has 41 heavy (non-hydrogen) atoms. The van der Waals surface area contributed by atoms with E-state index in [9.17, 15) is 0 Å². The maximum atomic E-state index is 6.57. The monoisotopic (exact) mass is 575 g/mol. The van der Waals surface area contributed by atoms with E-state index in [0.29, 0.717) is 12.2 Å². The van der Waals surface area contributed by atoms with Crippen molar-refractivity contribution in [2.75, 3.05) is 0 Å². The lowest BCUT2D eigenvalue weighted by Gasteiger charge is -2.23. The molecule has 0 fully saturated rings.